The van der Waals surface area contributed by atoms with Crippen LogP contribution in [0.1, 0.15) is 6.42 Å². The summed E-state index contributed by atoms with van der Waals surface area (Å²) in [5.74, 6) is -2.19. The third-order valence-electron chi connectivity index (χ3n) is 4.13. The summed E-state index contributed by atoms with van der Waals surface area (Å²) in [5, 5.41) is 0. The van der Waals surface area contributed by atoms with E-state index < -0.39 is 27.5 Å². The molecular weight excluding hydrogens is 380 g/mol. The Morgan fingerprint density at radius 3 is 2.46 bits per heavy atom. The molecular formula is C18H17F2NO3S2. The second-order valence-corrected chi connectivity index (χ2v) is 9.30. The lowest BCUT2D eigenvalue weighted by Gasteiger charge is -2.28. The van der Waals surface area contributed by atoms with E-state index in [-0.39, 0.29) is 23.2 Å². The largest absolute Gasteiger partial charge is 0.308 e. The third kappa shape index (κ3) is 4.42. The van der Waals surface area contributed by atoms with Gasteiger partial charge in [-0.1, -0.05) is 18.2 Å². The normalized spacial score (nSPS) is 18.6. The highest BCUT2D eigenvalue weighted by Gasteiger charge is 2.35. The van der Waals surface area contributed by atoms with Crippen LogP contribution < -0.4 is 4.90 Å². The number of anilines is 1. The van der Waals surface area contributed by atoms with Gasteiger partial charge in [-0.25, -0.2) is 17.2 Å². The SMILES string of the molecule is O=C(CSc1ccc(F)c(F)c1)N(c1ccccc1)[C@@H]1CCS(=O)(=O)C1. The van der Waals surface area contributed by atoms with E-state index >= 15 is 0 Å². The van der Waals surface area contributed by atoms with Crippen LogP contribution in [0.25, 0.3) is 0 Å². The van der Waals surface area contributed by atoms with Crippen molar-refractivity contribution in [2.45, 2.75) is 17.4 Å². The predicted molar refractivity (Wildman–Crippen MR) is 98.1 cm³/mol. The van der Waals surface area contributed by atoms with E-state index in [2.05, 4.69) is 0 Å². The summed E-state index contributed by atoms with van der Waals surface area (Å²) >= 11 is 1.09. The molecule has 0 bridgehead atoms. The third-order valence-corrected chi connectivity index (χ3v) is 6.86. The van der Waals surface area contributed by atoms with Gasteiger partial charge in [0.15, 0.2) is 21.5 Å². The molecule has 2 aromatic rings. The Kier molecular flexibility index (Phi) is 5.62. The fourth-order valence-corrected chi connectivity index (χ4v) is 5.39. The molecule has 1 amide bonds. The molecule has 1 atom stereocenters. The van der Waals surface area contributed by atoms with Crippen molar-refractivity contribution in [2.75, 3.05) is 22.2 Å². The lowest BCUT2D eigenvalue weighted by atomic mass is 10.2. The first kappa shape index (κ1) is 18.8. The lowest BCUT2D eigenvalue weighted by molar-refractivity contribution is -0.116. The Bertz CT molecular complexity index is 904. The predicted octanol–water partition coefficient (Wildman–Crippen LogP) is 3.28. The van der Waals surface area contributed by atoms with Crippen LogP contribution in [0, 0.1) is 11.6 Å². The van der Waals surface area contributed by atoms with Crippen molar-refractivity contribution in [1.29, 1.82) is 0 Å². The summed E-state index contributed by atoms with van der Waals surface area (Å²) in [6, 6.07) is 11.9. The molecule has 1 saturated heterocycles. The van der Waals surface area contributed by atoms with Crippen molar-refractivity contribution < 1.29 is 22.0 Å². The topological polar surface area (TPSA) is 54.5 Å². The number of benzene rings is 2. The van der Waals surface area contributed by atoms with Gasteiger partial charge < -0.3 is 4.90 Å². The van der Waals surface area contributed by atoms with E-state index in [9.17, 15) is 22.0 Å². The minimum absolute atomic E-state index is 0.00346. The Labute approximate surface area is 155 Å². The maximum absolute atomic E-state index is 13.3. The molecule has 1 aliphatic heterocycles. The standard InChI is InChI=1S/C18H17F2NO3S2/c19-16-7-6-15(10-17(16)20)25-11-18(22)21(13-4-2-1-3-5-13)14-8-9-26(23,24)12-14/h1-7,10,14H,8-9,11-12H2/t14-/m1/s1. The number of carbonyl (C=O) groups is 1. The zero-order valence-electron chi connectivity index (χ0n) is 13.8. The molecule has 3 rings (SSSR count). The number of carbonyl (C=O) groups excluding carboxylic acids is 1. The average Bonchev–Trinajstić information content (AvgIpc) is 2.96. The van der Waals surface area contributed by atoms with Gasteiger partial charge in [-0.2, -0.15) is 0 Å². The number of nitrogens with zero attached hydrogens (tertiary/aromatic N) is 1. The number of hydrogen-bond acceptors (Lipinski definition) is 4. The Morgan fingerprint density at radius 2 is 1.85 bits per heavy atom. The highest BCUT2D eigenvalue weighted by molar-refractivity contribution is 8.00. The summed E-state index contributed by atoms with van der Waals surface area (Å²) in [6.07, 6.45) is 0.388. The summed E-state index contributed by atoms with van der Waals surface area (Å²) < 4.78 is 50.0. The zero-order valence-corrected chi connectivity index (χ0v) is 15.4. The molecule has 1 fully saturated rings. The molecule has 2 aromatic carbocycles. The molecule has 1 aliphatic rings. The first-order valence-corrected chi connectivity index (χ1v) is 10.8. The molecule has 0 aliphatic carbocycles. The average molecular weight is 397 g/mol. The highest BCUT2D eigenvalue weighted by Crippen LogP contribution is 2.27. The summed E-state index contributed by atoms with van der Waals surface area (Å²) in [7, 11) is -3.15. The van der Waals surface area contributed by atoms with Gasteiger partial charge in [0.05, 0.1) is 23.3 Å². The van der Waals surface area contributed by atoms with Crippen LogP contribution >= 0.6 is 11.8 Å². The van der Waals surface area contributed by atoms with Crippen LogP contribution in [0.4, 0.5) is 14.5 Å². The van der Waals surface area contributed by atoms with Crippen LogP contribution in [-0.4, -0.2) is 37.6 Å². The fourth-order valence-electron chi connectivity index (χ4n) is 2.91. The van der Waals surface area contributed by atoms with Crippen molar-refractivity contribution in [3.63, 3.8) is 0 Å². The van der Waals surface area contributed by atoms with Gasteiger partial charge in [-0.15, -0.1) is 11.8 Å². The molecule has 4 nitrogen and oxygen atoms in total. The maximum atomic E-state index is 13.3. The van der Waals surface area contributed by atoms with Crippen LogP contribution in [0.15, 0.2) is 53.4 Å². The molecule has 26 heavy (non-hydrogen) atoms. The van der Waals surface area contributed by atoms with E-state index in [0.717, 1.165) is 23.9 Å². The Balaban J connectivity index is 1.78. The van der Waals surface area contributed by atoms with E-state index in [1.807, 2.05) is 6.07 Å². The quantitative estimate of drug-likeness (QED) is 0.727. The molecule has 0 N–H and O–H groups in total. The second kappa shape index (κ2) is 7.75. The monoisotopic (exact) mass is 397 g/mol. The number of halogens is 2. The Morgan fingerprint density at radius 1 is 1.12 bits per heavy atom. The Hall–Kier alpha value is -1.93. The highest BCUT2D eigenvalue weighted by atomic mass is 32.2. The van der Waals surface area contributed by atoms with E-state index in [1.54, 1.807) is 24.3 Å². The molecule has 0 spiro atoms. The lowest BCUT2D eigenvalue weighted by Crippen LogP contribution is -2.42. The molecule has 8 heteroatoms. The van der Waals surface area contributed by atoms with Gasteiger partial charge in [0, 0.05) is 10.6 Å². The van der Waals surface area contributed by atoms with Crippen LogP contribution in [-0.2, 0) is 14.6 Å². The van der Waals surface area contributed by atoms with Gasteiger partial charge in [0.1, 0.15) is 0 Å². The summed E-state index contributed by atoms with van der Waals surface area (Å²) in [5.41, 5.74) is 0.630. The van der Waals surface area contributed by atoms with Gasteiger partial charge >= 0.3 is 0 Å². The van der Waals surface area contributed by atoms with Gasteiger partial charge in [0.2, 0.25) is 5.91 Å². The van der Waals surface area contributed by atoms with Crippen molar-refractivity contribution in [3.05, 3.63) is 60.2 Å². The number of hydrogen-bond donors (Lipinski definition) is 0. The van der Waals surface area contributed by atoms with E-state index in [0.29, 0.717) is 17.0 Å². The minimum Gasteiger partial charge on any atom is -0.308 e. The van der Waals surface area contributed by atoms with Crippen molar-refractivity contribution in [1.82, 2.24) is 0 Å². The zero-order chi connectivity index (χ0) is 18.7. The first-order valence-electron chi connectivity index (χ1n) is 8.01. The van der Waals surface area contributed by atoms with Gasteiger partial charge in [-0.05, 0) is 36.8 Å². The van der Waals surface area contributed by atoms with Crippen molar-refractivity contribution in [3.8, 4) is 0 Å². The van der Waals surface area contributed by atoms with Crippen LogP contribution in [0.5, 0.6) is 0 Å². The van der Waals surface area contributed by atoms with E-state index in [4.69, 9.17) is 0 Å². The number of rotatable bonds is 5. The number of thioether (sulfide) groups is 1. The molecule has 1 heterocycles. The van der Waals surface area contributed by atoms with Crippen molar-refractivity contribution in [2.24, 2.45) is 0 Å². The first-order chi connectivity index (χ1) is 12.4. The van der Waals surface area contributed by atoms with Gasteiger partial charge in [-0.3, -0.25) is 4.79 Å². The summed E-state index contributed by atoms with van der Waals surface area (Å²) in [4.78, 5) is 14.8. The smallest absolute Gasteiger partial charge is 0.237 e. The van der Waals surface area contributed by atoms with Crippen molar-refractivity contribution >= 4 is 33.2 Å². The number of amides is 1. The van der Waals surface area contributed by atoms with E-state index in [1.165, 1.54) is 11.0 Å². The number of sulfone groups is 1. The van der Waals surface area contributed by atoms with Crippen LogP contribution in [0.3, 0.4) is 0 Å². The molecule has 0 aromatic heterocycles. The second-order valence-electron chi connectivity index (χ2n) is 6.02. The summed E-state index contributed by atoms with van der Waals surface area (Å²) in [6.45, 7) is 0. The molecule has 0 unspecified atom stereocenters. The van der Waals surface area contributed by atoms with Gasteiger partial charge in [0.25, 0.3) is 0 Å². The van der Waals surface area contributed by atoms with Crippen LogP contribution in [0.2, 0.25) is 0 Å². The molecule has 0 radical (unpaired) electrons. The number of para-hydroxylation sites is 1. The minimum atomic E-state index is -3.15. The molecule has 0 saturated carbocycles. The fraction of sp³-hybridized carbons (Fsp3) is 0.278. The molecule has 138 valence electrons. The maximum Gasteiger partial charge on any atom is 0.237 e.